The second-order valence-electron chi connectivity index (χ2n) is 4.34. The normalized spacial score (nSPS) is 9.95. The topological polar surface area (TPSA) is 56.8 Å². The minimum Gasteiger partial charge on any atom is -0.493 e. The average molecular weight is 279 g/mol. The first-order valence-corrected chi connectivity index (χ1v) is 6.30. The number of hydrogen-bond acceptors (Lipinski definition) is 4. The number of carbonyl (C=O) groups is 1. The molecular formula is C15H21NO4. The van der Waals surface area contributed by atoms with Gasteiger partial charge in [-0.05, 0) is 25.1 Å². The lowest BCUT2D eigenvalue weighted by Gasteiger charge is -2.10. The first-order chi connectivity index (χ1) is 9.58. The van der Waals surface area contributed by atoms with Gasteiger partial charge in [0.25, 0.3) is 5.91 Å². The highest BCUT2D eigenvalue weighted by atomic mass is 16.5. The van der Waals surface area contributed by atoms with Crippen molar-refractivity contribution >= 4 is 5.91 Å². The zero-order valence-electron chi connectivity index (χ0n) is 12.2. The van der Waals surface area contributed by atoms with Crippen LogP contribution in [0.25, 0.3) is 0 Å². The summed E-state index contributed by atoms with van der Waals surface area (Å²) in [5.74, 6) is 0.942. The Kier molecular flexibility index (Phi) is 6.59. The largest absolute Gasteiger partial charge is 0.493 e. The van der Waals surface area contributed by atoms with Crippen molar-refractivity contribution in [2.24, 2.45) is 0 Å². The van der Waals surface area contributed by atoms with Gasteiger partial charge in [0, 0.05) is 12.1 Å². The van der Waals surface area contributed by atoms with Crippen LogP contribution in [0.1, 0.15) is 17.3 Å². The van der Waals surface area contributed by atoms with E-state index in [-0.39, 0.29) is 5.91 Å². The van der Waals surface area contributed by atoms with E-state index in [1.165, 1.54) is 7.11 Å². The molecule has 0 aliphatic carbocycles. The molecular weight excluding hydrogens is 258 g/mol. The molecule has 1 amide bonds. The minimum absolute atomic E-state index is 0.176. The molecule has 0 heterocycles. The van der Waals surface area contributed by atoms with Crippen LogP contribution in [0.5, 0.6) is 11.5 Å². The summed E-state index contributed by atoms with van der Waals surface area (Å²) in [7, 11) is 3.08. The van der Waals surface area contributed by atoms with Crippen molar-refractivity contribution in [2.75, 3.05) is 34.0 Å². The van der Waals surface area contributed by atoms with Gasteiger partial charge in [-0.25, -0.2) is 0 Å². The molecule has 1 aromatic carbocycles. The van der Waals surface area contributed by atoms with E-state index < -0.39 is 0 Å². The zero-order valence-corrected chi connectivity index (χ0v) is 12.2. The lowest BCUT2D eigenvalue weighted by Crippen LogP contribution is -2.27. The van der Waals surface area contributed by atoms with Gasteiger partial charge in [-0.3, -0.25) is 4.79 Å². The SMILES string of the molecule is C=C(C)COCCNC(=O)c1ccc(OC)c(OC)c1. The predicted octanol–water partition coefficient (Wildman–Crippen LogP) is 2.03. The molecule has 110 valence electrons. The molecule has 0 radical (unpaired) electrons. The Hall–Kier alpha value is -2.01. The van der Waals surface area contributed by atoms with E-state index in [0.717, 1.165) is 5.57 Å². The monoisotopic (exact) mass is 279 g/mol. The van der Waals surface area contributed by atoms with Gasteiger partial charge < -0.3 is 19.5 Å². The molecule has 0 spiro atoms. The van der Waals surface area contributed by atoms with E-state index in [9.17, 15) is 4.79 Å². The molecule has 1 aromatic rings. The summed E-state index contributed by atoms with van der Waals surface area (Å²) >= 11 is 0. The summed E-state index contributed by atoms with van der Waals surface area (Å²) in [4.78, 5) is 11.9. The average Bonchev–Trinajstić information content (AvgIpc) is 2.45. The standard InChI is InChI=1S/C15H21NO4/c1-11(2)10-20-8-7-16-15(17)12-5-6-13(18-3)14(9-12)19-4/h5-6,9H,1,7-8,10H2,2-4H3,(H,16,17). The maximum Gasteiger partial charge on any atom is 0.251 e. The van der Waals surface area contributed by atoms with Crippen molar-refractivity contribution < 1.29 is 19.0 Å². The lowest BCUT2D eigenvalue weighted by molar-refractivity contribution is 0.0926. The van der Waals surface area contributed by atoms with Crippen LogP contribution < -0.4 is 14.8 Å². The van der Waals surface area contributed by atoms with Crippen LogP contribution in [0, 0.1) is 0 Å². The van der Waals surface area contributed by atoms with Crippen LogP contribution in [0.3, 0.4) is 0 Å². The molecule has 1 N–H and O–H groups in total. The molecule has 0 aromatic heterocycles. The van der Waals surface area contributed by atoms with Gasteiger partial charge in [0.05, 0.1) is 27.4 Å². The van der Waals surface area contributed by atoms with Crippen molar-refractivity contribution in [1.82, 2.24) is 5.32 Å². The van der Waals surface area contributed by atoms with Crippen LogP contribution in [0.2, 0.25) is 0 Å². The minimum atomic E-state index is -0.176. The molecule has 0 saturated carbocycles. The number of ether oxygens (including phenoxy) is 3. The van der Waals surface area contributed by atoms with Gasteiger partial charge in [-0.1, -0.05) is 12.2 Å². The molecule has 0 saturated heterocycles. The van der Waals surface area contributed by atoms with E-state index in [1.807, 2.05) is 6.92 Å². The molecule has 0 unspecified atom stereocenters. The highest BCUT2D eigenvalue weighted by Crippen LogP contribution is 2.27. The Balaban J connectivity index is 2.49. The van der Waals surface area contributed by atoms with Crippen molar-refractivity contribution in [2.45, 2.75) is 6.92 Å². The van der Waals surface area contributed by atoms with Gasteiger partial charge in [-0.2, -0.15) is 0 Å². The van der Waals surface area contributed by atoms with Crippen LogP contribution in [-0.2, 0) is 4.74 Å². The number of benzene rings is 1. The summed E-state index contributed by atoms with van der Waals surface area (Å²) < 4.78 is 15.6. The third kappa shape index (κ3) is 4.93. The lowest BCUT2D eigenvalue weighted by atomic mass is 10.2. The van der Waals surface area contributed by atoms with Crippen molar-refractivity contribution in [3.8, 4) is 11.5 Å². The number of hydrogen-bond donors (Lipinski definition) is 1. The summed E-state index contributed by atoms with van der Waals surface area (Å²) in [6.07, 6.45) is 0. The van der Waals surface area contributed by atoms with Crippen LogP contribution in [0.4, 0.5) is 0 Å². The number of amides is 1. The number of nitrogens with one attached hydrogen (secondary N) is 1. The third-order valence-corrected chi connectivity index (χ3v) is 2.53. The van der Waals surface area contributed by atoms with E-state index in [2.05, 4.69) is 11.9 Å². The molecule has 0 atom stereocenters. The fraction of sp³-hybridized carbons (Fsp3) is 0.400. The molecule has 0 aliphatic rings. The van der Waals surface area contributed by atoms with Gasteiger partial charge in [0.1, 0.15) is 0 Å². The molecule has 0 bridgehead atoms. The van der Waals surface area contributed by atoms with E-state index in [4.69, 9.17) is 14.2 Å². The fourth-order valence-electron chi connectivity index (χ4n) is 1.56. The second-order valence-corrected chi connectivity index (χ2v) is 4.34. The molecule has 0 fully saturated rings. The van der Waals surface area contributed by atoms with Crippen LogP contribution >= 0.6 is 0 Å². The van der Waals surface area contributed by atoms with Gasteiger partial charge >= 0.3 is 0 Å². The molecule has 5 heteroatoms. The number of methoxy groups -OCH3 is 2. The zero-order chi connectivity index (χ0) is 15.0. The molecule has 1 rings (SSSR count). The number of rotatable bonds is 8. The number of carbonyl (C=O) groups excluding carboxylic acids is 1. The fourth-order valence-corrected chi connectivity index (χ4v) is 1.56. The smallest absolute Gasteiger partial charge is 0.251 e. The first-order valence-electron chi connectivity index (χ1n) is 6.30. The second kappa shape index (κ2) is 8.22. The highest BCUT2D eigenvalue weighted by Gasteiger charge is 2.10. The summed E-state index contributed by atoms with van der Waals surface area (Å²) in [5, 5.41) is 2.77. The molecule has 0 aliphatic heterocycles. The quantitative estimate of drug-likeness (QED) is 0.584. The highest BCUT2D eigenvalue weighted by molar-refractivity contribution is 5.94. The van der Waals surface area contributed by atoms with Crippen molar-refractivity contribution in [1.29, 1.82) is 0 Å². The first kappa shape index (κ1) is 16.0. The Bertz CT molecular complexity index is 471. The maximum atomic E-state index is 11.9. The maximum absolute atomic E-state index is 11.9. The summed E-state index contributed by atoms with van der Waals surface area (Å²) in [6.45, 7) is 7.03. The molecule has 20 heavy (non-hydrogen) atoms. The van der Waals surface area contributed by atoms with Crippen LogP contribution in [0.15, 0.2) is 30.4 Å². The van der Waals surface area contributed by atoms with Crippen molar-refractivity contribution in [3.05, 3.63) is 35.9 Å². The Labute approximate surface area is 119 Å². The van der Waals surface area contributed by atoms with Gasteiger partial charge in [0.15, 0.2) is 11.5 Å². The van der Waals surface area contributed by atoms with Gasteiger partial charge in [0.2, 0.25) is 0 Å². The Morgan fingerprint density at radius 3 is 2.55 bits per heavy atom. The van der Waals surface area contributed by atoms with Gasteiger partial charge in [-0.15, -0.1) is 0 Å². The third-order valence-electron chi connectivity index (χ3n) is 2.53. The predicted molar refractivity (Wildman–Crippen MR) is 77.5 cm³/mol. The molecule has 5 nitrogen and oxygen atoms in total. The Morgan fingerprint density at radius 1 is 1.25 bits per heavy atom. The van der Waals surface area contributed by atoms with Crippen LogP contribution in [-0.4, -0.2) is 39.9 Å². The Morgan fingerprint density at radius 2 is 1.95 bits per heavy atom. The van der Waals surface area contributed by atoms with E-state index in [0.29, 0.717) is 36.8 Å². The summed E-state index contributed by atoms with van der Waals surface area (Å²) in [5.41, 5.74) is 1.47. The van der Waals surface area contributed by atoms with E-state index >= 15 is 0 Å². The van der Waals surface area contributed by atoms with Crippen molar-refractivity contribution in [3.63, 3.8) is 0 Å². The summed E-state index contributed by atoms with van der Waals surface area (Å²) in [6, 6.07) is 5.03. The van der Waals surface area contributed by atoms with E-state index in [1.54, 1.807) is 25.3 Å².